The van der Waals surface area contributed by atoms with Crippen LogP contribution in [-0.4, -0.2) is 71.5 Å². The van der Waals surface area contributed by atoms with Gasteiger partial charge in [0, 0.05) is 0 Å². The van der Waals surface area contributed by atoms with Crippen molar-refractivity contribution in [1.82, 2.24) is 5.48 Å². The second-order valence-electron chi connectivity index (χ2n) is 7.26. The van der Waals surface area contributed by atoms with Crippen molar-refractivity contribution in [2.24, 2.45) is 5.92 Å². The number of nitrogens with one attached hydrogen (secondary N) is 1. The van der Waals surface area contributed by atoms with E-state index in [2.05, 4.69) is 17.8 Å². The Balaban J connectivity index is 0. The van der Waals surface area contributed by atoms with Gasteiger partial charge in [-0.1, -0.05) is 97.5 Å². The molecule has 0 aromatic heterocycles. The van der Waals surface area contributed by atoms with Gasteiger partial charge >= 0.3 is 51.4 Å². The van der Waals surface area contributed by atoms with Crippen molar-refractivity contribution >= 4 is 67.4 Å². The zero-order valence-corrected chi connectivity index (χ0v) is 17.6. The van der Waals surface area contributed by atoms with Crippen LogP contribution >= 0.6 is 0 Å². The van der Waals surface area contributed by atoms with Crippen LogP contribution in [-0.2, 0) is 19.2 Å². The van der Waals surface area contributed by atoms with Crippen LogP contribution in [0.25, 0.3) is 0 Å². The first kappa shape index (κ1) is 30.0. The fourth-order valence-corrected chi connectivity index (χ4v) is 4.09. The Morgan fingerprint density at radius 1 is 0.963 bits per heavy atom. The van der Waals surface area contributed by atoms with E-state index in [1.807, 2.05) is 12.4 Å². The number of hydrogen-bond acceptors (Lipinski definition) is 4. The molecule has 0 spiro atoms. The van der Waals surface area contributed by atoms with Crippen LogP contribution in [0.3, 0.4) is 0 Å². The van der Waals surface area contributed by atoms with Gasteiger partial charge in [0.2, 0.25) is 0 Å². The number of rotatable bonds is 18. The van der Waals surface area contributed by atoms with E-state index in [1.165, 1.54) is 64.2 Å². The van der Waals surface area contributed by atoms with Gasteiger partial charge in [0.15, 0.2) is 0 Å². The molecule has 0 saturated heterocycles. The van der Waals surface area contributed by atoms with Crippen LogP contribution in [0, 0.1) is 5.92 Å². The average molecular weight is 430 g/mol. The molecule has 0 radical (unpaired) electrons. The van der Waals surface area contributed by atoms with Crippen molar-refractivity contribution in [2.75, 3.05) is 5.75 Å². The Labute approximate surface area is 210 Å². The summed E-state index contributed by atoms with van der Waals surface area (Å²) in [7, 11) is -3.73. The number of carbonyl (C=O) groups is 1. The minimum absolute atomic E-state index is 0. The second-order valence-corrected chi connectivity index (χ2v) is 8.88. The van der Waals surface area contributed by atoms with Gasteiger partial charge < -0.3 is 0 Å². The molecule has 0 aliphatic heterocycles. The first-order chi connectivity index (χ1) is 12.4. The van der Waals surface area contributed by atoms with Crippen LogP contribution in [0.15, 0.2) is 12.7 Å². The third-order valence-electron chi connectivity index (χ3n) is 4.49. The van der Waals surface area contributed by atoms with Gasteiger partial charge in [-0.15, -0.1) is 4.28 Å². The van der Waals surface area contributed by atoms with E-state index in [4.69, 9.17) is 0 Å². The summed E-state index contributed by atoms with van der Waals surface area (Å²) < 4.78 is 27.9. The third-order valence-corrected chi connectivity index (χ3v) is 5.81. The molecule has 0 aromatic rings. The monoisotopic (exact) mass is 429 g/mol. The molecule has 0 rings (SSSR count). The topological polar surface area (TPSA) is 72.5 Å². The van der Waals surface area contributed by atoms with Gasteiger partial charge in [-0.2, -0.15) is 8.42 Å². The molecule has 1 atom stereocenters. The van der Waals surface area contributed by atoms with Crippen molar-refractivity contribution in [3.05, 3.63) is 12.7 Å². The van der Waals surface area contributed by atoms with E-state index in [1.54, 1.807) is 0 Å². The molecule has 0 aliphatic rings. The molecule has 0 saturated carbocycles. The Hall–Kier alpha value is 0.756. The number of hydrogen-bond donors (Lipinski definition) is 1. The average Bonchev–Trinajstić information content (AvgIpc) is 2.60. The van der Waals surface area contributed by atoms with Gasteiger partial charge in [0.25, 0.3) is 16.0 Å². The maximum atomic E-state index is 11.7. The zero-order chi connectivity index (χ0) is 19.7. The third kappa shape index (κ3) is 21.3. The van der Waals surface area contributed by atoms with Crippen LogP contribution in [0.5, 0.6) is 0 Å². The summed E-state index contributed by atoms with van der Waals surface area (Å²) in [6.07, 6.45) is 17.3. The van der Waals surface area contributed by atoms with Crippen molar-refractivity contribution in [3.63, 3.8) is 0 Å². The predicted octanol–water partition coefficient (Wildman–Crippen LogP) is 4.63. The molecule has 0 fully saturated rings. The van der Waals surface area contributed by atoms with Gasteiger partial charge in [0.05, 0.1) is 5.75 Å². The first-order valence-electron chi connectivity index (χ1n) is 10.2. The van der Waals surface area contributed by atoms with E-state index < -0.39 is 16.0 Å². The normalized spacial score (nSPS) is 12.2. The summed E-state index contributed by atoms with van der Waals surface area (Å²) in [5, 5.41) is 0. The van der Waals surface area contributed by atoms with Gasteiger partial charge in [-0.05, 0) is 18.4 Å². The van der Waals surface area contributed by atoms with Crippen molar-refractivity contribution in [1.29, 1.82) is 0 Å². The van der Waals surface area contributed by atoms with Gasteiger partial charge in [-0.3, -0.25) is 4.79 Å². The van der Waals surface area contributed by atoms with Crippen LogP contribution < -0.4 is 5.48 Å². The summed E-state index contributed by atoms with van der Waals surface area (Å²) >= 11 is 0. The van der Waals surface area contributed by atoms with Crippen molar-refractivity contribution in [2.45, 2.75) is 97.3 Å². The Morgan fingerprint density at radius 3 is 1.85 bits per heavy atom. The Kier molecular flexibility index (Phi) is 22.2. The molecule has 7 heteroatoms. The zero-order valence-electron chi connectivity index (χ0n) is 16.8. The van der Waals surface area contributed by atoms with E-state index in [0.29, 0.717) is 0 Å². The number of amides is 1. The molecule has 0 aromatic carbocycles. The van der Waals surface area contributed by atoms with Crippen molar-refractivity contribution < 1.29 is 17.5 Å². The van der Waals surface area contributed by atoms with Gasteiger partial charge in [0.1, 0.15) is 0 Å². The Morgan fingerprint density at radius 2 is 1.41 bits per heavy atom. The van der Waals surface area contributed by atoms with Crippen LogP contribution in [0.4, 0.5) is 0 Å². The van der Waals surface area contributed by atoms with E-state index in [0.717, 1.165) is 25.3 Å². The molecule has 1 amide bonds. The molecule has 27 heavy (non-hydrogen) atoms. The fraction of sp³-hybridized carbons (Fsp3) is 0.850. The predicted molar refractivity (Wildman–Crippen MR) is 115 cm³/mol. The summed E-state index contributed by atoms with van der Waals surface area (Å²) in [6.45, 7) is 7.38. The van der Waals surface area contributed by atoms with Crippen LogP contribution in [0.2, 0.25) is 0 Å². The molecule has 1 N–H and O–H groups in total. The molecular formula is C20H40KNO4S. The molecule has 0 aliphatic carbocycles. The fourth-order valence-electron chi connectivity index (χ4n) is 2.95. The molecule has 1 unspecified atom stereocenters. The van der Waals surface area contributed by atoms with E-state index in [9.17, 15) is 13.2 Å². The quantitative estimate of drug-likeness (QED) is 0.149. The molecule has 0 bridgehead atoms. The van der Waals surface area contributed by atoms with E-state index >= 15 is 0 Å². The van der Waals surface area contributed by atoms with Crippen molar-refractivity contribution in [3.8, 4) is 0 Å². The summed E-state index contributed by atoms with van der Waals surface area (Å²) in [6, 6.07) is 0. The number of unbranched alkanes of at least 4 members (excludes halogenated alkanes) is 11. The summed E-state index contributed by atoms with van der Waals surface area (Å²) in [4.78, 5) is 10.9. The summed E-state index contributed by atoms with van der Waals surface area (Å²) in [5.41, 5.74) is 1.85. The van der Waals surface area contributed by atoms with E-state index in [-0.39, 0.29) is 63.1 Å². The molecule has 156 valence electrons. The molecular weight excluding hydrogens is 389 g/mol. The van der Waals surface area contributed by atoms with Crippen LogP contribution in [0.1, 0.15) is 97.3 Å². The molecule has 0 heterocycles. The minimum atomic E-state index is -3.73. The number of carbonyl (C=O) groups excluding carboxylic acids is 1. The SMILES string of the molecule is C=CC(=O)NOS(=O)(=O)CC(C)CCCCCCCCCCCCCC.[KH]. The Bertz CT molecular complexity index is 469. The van der Waals surface area contributed by atoms with Gasteiger partial charge in [-0.25, -0.2) is 5.48 Å². The molecule has 5 nitrogen and oxygen atoms in total. The first-order valence-corrected chi connectivity index (χ1v) is 11.8. The summed E-state index contributed by atoms with van der Waals surface area (Å²) in [5.74, 6) is -0.728. The second kappa shape index (κ2) is 20.0. The maximum absolute atomic E-state index is 11.7. The number of hydroxylamine groups is 1. The standard InChI is InChI=1S/C20H39NO4S.K.H/c1-4-6-7-8-9-10-11-12-13-14-15-16-17-19(3)18-26(23,24)25-21-20(22)5-2;;/h5,19H,2,4,6-18H2,1,3H3,(H,21,22);;.